The summed E-state index contributed by atoms with van der Waals surface area (Å²) in [6, 6.07) is 8.13. The molecule has 0 aliphatic heterocycles. The lowest BCUT2D eigenvalue weighted by Crippen LogP contribution is -2.50. The van der Waals surface area contributed by atoms with Crippen LogP contribution in [0.4, 0.5) is 0 Å². The van der Waals surface area contributed by atoms with Crippen molar-refractivity contribution < 1.29 is 4.79 Å². The molecular weight excluding hydrogens is 326 g/mol. The Kier molecular flexibility index (Phi) is 3.36. The highest BCUT2D eigenvalue weighted by molar-refractivity contribution is 9.10. The van der Waals surface area contributed by atoms with Gasteiger partial charge in [0.15, 0.2) is 0 Å². The normalized spacial score (nSPS) is 16.7. The summed E-state index contributed by atoms with van der Waals surface area (Å²) in [5, 5.41) is 6.85. The first kappa shape index (κ1) is 12.7. The summed E-state index contributed by atoms with van der Waals surface area (Å²) in [4.78, 5) is 12.7. The minimum absolute atomic E-state index is 0.0883. The lowest BCUT2D eigenvalue weighted by Gasteiger charge is -2.43. The van der Waals surface area contributed by atoms with E-state index in [1.54, 1.807) is 0 Å². The van der Waals surface area contributed by atoms with Gasteiger partial charge in [0.25, 0.3) is 5.91 Å². The van der Waals surface area contributed by atoms with Crippen LogP contribution in [0.15, 0.2) is 34.9 Å². The van der Waals surface area contributed by atoms with Gasteiger partial charge in [-0.05, 0) is 48.5 Å². The molecule has 0 atom stereocenters. The quantitative estimate of drug-likeness (QED) is 0.936. The molecule has 98 valence electrons. The maximum atomic E-state index is 12.2. The summed E-state index contributed by atoms with van der Waals surface area (Å²) in [5.74, 6) is -0.0883. The lowest BCUT2D eigenvalue weighted by molar-refractivity contribution is 0.0827. The SMILES string of the molecule is O=C(NC1(c2cccc(Br)c2)CCC1)c1cnns1. The van der Waals surface area contributed by atoms with E-state index in [-0.39, 0.29) is 11.4 Å². The lowest BCUT2D eigenvalue weighted by atomic mass is 9.72. The Morgan fingerprint density at radius 2 is 2.26 bits per heavy atom. The molecule has 0 radical (unpaired) electrons. The zero-order valence-corrected chi connectivity index (χ0v) is 12.5. The van der Waals surface area contributed by atoms with E-state index in [2.05, 4.69) is 43.0 Å². The van der Waals surface area contributed by atoms with Gasteiger partial charge in [-0.2, -0.15) is 0 Å². The molecule has 0 spiro atoms. The van der Waals surface area contributed by atoms with E-state index in [0.29, 0.717) is 4.88 Å². The molecule has 2 aromatic rings. The van der Waals surface area contributed by atoms with Crippen LogP contribution in [0.2, 0.25) is 0 Å². The number of amides is 1. The Morgan fingerprint density at radius 3 is 2.84 bits per heavy atom. The molecule has 6 heteroatoms. The first-order valence-corrected chi connectivity index (χ1v) is 7.62. The Bertz CT molecular complexity index is 596. The molecular formula is C13H12BrN3OS. The van der Waals surface area contributed by atoms with Gasteiger partial charge in [-0.3, -0.25) is 4.79 Å². The first-order chi connectivity index (χ1) is 9.20. The highest BCUT2D eigenvalue weighted by atomic mass is 79.9. The van der Waals surface area contributed by atoms with Crippen molar-refractivity contribution in [2.45, 2.75) is 24.8 Å². The van der Waals surface area contributed by atoms with Crippen LogP contribution < -0.4 is 5.32 Å². The number of nitrogens with zero attached hydrogens (tertiary/aromatic N) is 2. The van der Waals surface area contributed by atoms with E-state index in [9.17, 15) is 4.79 Å². The number of halogens is 1. The van der Waals surface area contributed by atoms with Crippen molar-refractivity contribution >= 4 is 33.4 Å². The Hall–Kier alpha value is -1.27. The van der Waals surface area contributed by atoms with Gasteiger partial charge < -0.3 is 5.32 Å². The predicted molar refractivity (Wildman–Crippen MR) is 77.0 cm³/mol. The van der Waals surface area contributed by atoms with Gasteiger partial charge in [0.2, 0.25) is 0 Å². The van der Waals surface area contributed by atoms with Gasteiger partial charge in [-0.15, -0.1) is 5.10 Å². The van der Waals surface area contributed by atoms with Gasteiger partial charge in [0.1, 0.15) is 4.88 Å². The number of carbonyl (C=O) groups is 1. The molecule has 0 saturated heterocycles. The summed E-state index contributed by atoms with van der Waals surface area (Å²) in [7, 11) is 0. The Morgan fingerprint density at radius 1 is 1.42 bits per heavy atom. The van der Waals surface area contributed by atoms with Crippen molar-refractivity contribution in [3.63, 3.8) is 0 Å². The monoisotopic (exact) mass is 337 g/mol. The van der Waals surface area contributed by atoms with Crippen LogP contribution in [0.25, 0.3) is 0 Å². The number of benzene rings is 1. The maximum Gasteiger partial charge on any atom is 0.265 e. The van der Waals surface area contributed by atoms with Crippen LogP contribution in [0.5, 0.6) is 0 Å². The molecule has 1 amide bonds. The molecule has 19 heavy (non-hydrogen) atoms. The molecule has 1 aromatic heterocycles. The molecule has 3 rings (SSSR count). The van der Waals surface area contributed by atoms with Crippen LogP contribution in [0.3, 0.4) is 0 Å². The van der Waals surface area contributed by atoms with Crippen molar-refractivity contribution in [3.05, 3.63) is 45.4 Å². The maximum absolute atomic E-state index is 12.2. The third-order valence-corrected chi connectivity index (χ3v) is 4.68. The number of hydrogen-bond acceptors (Lipinski definition) is 4. The highest BCUT2D eigenvalue weighted by Gasteiger charge is 2.40. The number of carbonyl (C=O) groups excluding carboxylic acids is 1. The number of hydrogen-bond donors (Lipinski definition) is 1. The van der Waals surface area contributed by atoms with Crippen LogP contribution in [0.1, 0.15) is 34.5 Å². The minimum atomic E-state index is -0.231. The number of aromatic nitrogens is 2. The second kappa shape index (κ2) is 5.02. The zero-order valence-electron chi connectivity index (χ0n) is 10.1. The van der Waals surface area contributed by atoms with Gasteiger partial charge in [0.05, 0.1) is 11.7 Å². The Labute approximate surface area is 123 Å². The first-order valence-electron chi connectivity index (χ1n) is 6.06. The molecule has 1 saturated carbocycles. The third kappa shape index (κ3) is 2.42. The molecule has 1 aromatic carbocycles. The smallest absolute Gasteiger partial charge is 0.265 e. The fourth-order valence-corrected chi connectivity index (χ4v) is 3.16. The fourth-order valence-electron chi connectivity index (χ4n) is 2.35. The predicted octanol–water partition coefficient (Wildman–Crippen LogP) is 3.11. The van der Waals surface area contributed by atoms with Gasteiger partial charge in [-0.25, -0.2) is 0 Å². The topological polar surface area (TPSA) is 54.9 Å². The molecule has 4 nitrogen and oxygen atoms in total. The second-order valence-electron chi connectivity index (χ2n) is 4.68. The highest BCUT2D eigenvalue weighted by Crippen LogP contribution is 2.42. The molecule has 0 bridgehead atoms. The van der Waals surface area contributed by atoms with Gasteiger partial charge in [0, 0.05) is 4.47 Å². The van der Waals surface area contributed by atoms with Crippen LogP contribution in [0, 0.1) is 0 Å². The Balaban J connectivity index is 1.86. The summed E-state index contributed by atoms with van der Waals surface area (Å²) >= 11 is 4.60. The average Bonchev–Trinajstić information content (AvgIpc) is 2.87. The van der Waals surface area contributed by atoms with E-state index < -0.39 is 0 Å². The standard InChI is InChI=1S/C13H12BrN3OS/c14-10-4-1-3-9(7-10)13(5-2-6-13)16-12(18)11-8-15-17-19-11/h1,3-4,7-8H,2,5-6H2,(H,16,18). The van der Waals surface area contributed by atoms with Crippen molar-refractivity contribution in [1.29, 1.82) is 0 Å². The van der Waals surface area contributed by atoms with Crippen molar-refractivity contribution in [1.82, 2.24) is 14.9 Å². The summed E-state index contributed by atoms with van der Waals surface area (Å²) in [5.41, 5.74) is 0.921. The second-order valence-corrected chi connectivity index (χ2v) is 6.38. The minimum Gasteiger partial charge on any atom is -0.342 e. The van der Waals surface area contributed by atoms with Crippen molar-refractivity contribution in [2.75, 3.05) is 0 Å². The molecule has 1 aliphatic carbocycles. The van der Waals surface area contributed by atoms with Crippen molar-refractivity contribution in [3.8, 4) is 0 Å². The average molecular weight is 338 g/mol. The molecule has 1 fully saturated rings. The largest absolute Gasteiger partial charge is 0.342 e. The van der Waals surface area contributed by atoms with E-state index in [1.807, 2.05) is 12.1 Å². The van der Waals surface area contributed by atoms with E-state index in [0.717, 1.165) is 40.8 Å². The summed E-state index contributed by atoms with van der Waals surface area (Å²) in [6.45, 7) is 0. The molecule has 1 heterocycles. The summed E-state index contributed by atoms with van der Waals surface area (Å²) < 4.78 is 4.76. The molecule has 1 N–H and O–H groups in total. The van der Waals surface area contributed by atoms with E-state index in [4.69, 9.17) is 0 Å². The van der Waals surface area contributed by atoms with E-state index in [1.165, 1.54) is 6.20 Å². The van der Waals surface area contributed by atoms with Crippen LogP contribution >= 0.6 is 27.5 Å². The molecule has 1 aliphatic rings. The molecule has 0 unspecified atom stereocenters. The fraction of sp³-hybridized carbons (Fsp3) is 0.308. The van der Waals surface area contributed by atoms with Gasteiger partial charge >= 0.3 is 0 Å². The number of rotatable bonds is 3. The summed E-state index contributed by atoms with van der Waals surface area (Å²) in [6.07, 6.45) is 4.59. The zero-order chi connectivity index (χ0) is 13.3. The number of nitrogens with one attached hydrogen (secondary N) is 1. The van der Waals surface area contributed by atoms with Gasteiger partial charge in [-0.1, -0.05) is 32.6 Å². The van der Waals surface area contributed by atoms with Crippen molar-refractivity contribution in [2.24, 2.45) is 0 Å². The van der Waals surface area contributed by atoms with Crippen LogP contribution in [-0.2, 0) is 5.54 Å². The third-order valence-electron chi connectivity index (χ3n) is 3.52. The van der Waals surface area contributed by atoms with E-state index >= 15 is 0 Å². The van der Waals surface area contributed by atoms with Crippen LogP contribution in [-0.4, -0.2) is 15.5 Å².